The van der Waals surface area contributed by atoms with Crippen LogP contribution in [0.4, 0.5) is 9.80 Å². The molecule has 0 saturated carbocycles. The molecule has 0 radical (unpaired) electrons. The van der Waals surface area contributed by atoms with Crippen LogP contribution >= 0.6 is 22.7 Å². The second-order valence-electron chi connectivity index (χ2n) is 9.68. The lowest BCUT2D eigenvalue weighted by atomic mass is 9.98. The summed E-state index contributed by atoms with van der Waals surface area (Å²) in [6, 6.07) is 8.22. The van der Waals surface area contributed by atoms with E-state index in [0.29, 0.717) is 19.6 Å². The van der Waals surface area contributed by atoms with Crippen LogP contribution in [0.2, 0.25) is 0 Å². The molecule has 0 spiro atoms. The summed E-state index contributed by atoms with van der Waals surface area (Å²) in [6.07, 6.45) is 2.05. The number of thiazole rings is 1. The summed E-state index contributed by atoms with van der Waals surface area (Å²) in [4.78, 5) is 30.4. The summed E-state index contributed by atoms with van der Waals surface area (Å²) in [5.74, 6) is 0. The first-order valence-corrected chi connectivity index (χ1v) is 14.2. The second-order valence-corrected chi connectivity index (χ2v) is 11.8. The number of nitrogens with one attached hydrogen (secondary N) is 2. The van der Waals surface area contributed by atoms with Gasteiger partial charge in [0.2, 0.25) is 0 Å². The molecule has 4 rings (SSSR count). The van der Waals surface area contributed by atoms with Gasteiger partial charge in [-0.15, -0.1) is 22.7 Å². The predicted octanol–water partition coefficient (Wildman–Crippen LogP) is 5.73. The maximum atomic E-state index is 12.7. The van der Waals surface area contributed by atoms with E-state index in [1.54, 1.807) is 29.8 Å². The fourth-order valence-corrected chi connectivity index (χ4v) is 6.43. The van der Waals surface area contributed by atoms with Gasteiger partial charge in [-0.1, -0.05) is 12.1 Å². The summed E-state index contributed by atoms with van der Waals surface area (Å²) in [5, 5.41) is 8.54. The van der Waals surface area contributed by atoms with E-state index in [-0.39, 0.29) is 12.1 Å². The molecule has 1 atom stereocenters. The van der Waals surface area contributed by atoms with Gasteiger partial charge in [0.05, 0.1) is 27.9 Å². The number of carbonyl (C=O) groups excluding carboxylic acids is 2. The van der Waals surface area contributed by atoms with Crippen molar-refractivity contribution in [3.63, 3.8) is 0 Å². The number of methoxy groups -OCH3 is 1. The van der Waals surface area contributed by atoms with Crippen molar-refractivity contribution in [1.29, 1.82) is 0 Å². The summed E-state index contributed by atoms with van der Waals surface area (Å²) in [5.41, 5.74) is 3.04. The van der Waals surface area contributed by atoms with Crippen LogP contribution in [-0.4, -0.2) is 68.3 Å². The van der Waals surface area contributed by atoms with Crippen molar-refractivity contribution in [1.82, 2.24) is 15.2 Å². The Bertz CT molecular complexity index is 1150. The number of anilines is 1. The Labute approximate surface area is 227 Å². The first-order valence-electron chi connectivity index (χ1n) is 12.5. The Morgan fingerprint density at radius 3 is 2.65 bits per heavy atom. The number of nitrogens with zero attached hydrogens (tertiary/aromatic N) is 2. The molecule has 202 valence electrons. The van der Waals surface area contributed by atoms with Crippen molar-refractivity contribution in [2.45, 2.75) is 52.2 Å². The van der Waals surface area contributed by atoms with Crippen molar-refractivity contribution >= 4 is 50.3 Å². The van der Waals surface area contributed by atoms with Crippen LogP contribution in [0.1, 0.15) is 50.6 Å². The van der Waals surface area contributed by atoms with E-state index in [9.17, 15) is 9.59 Å². The molecule has 0 saturated heterocycles. The Balaban J connectivity index is 0.000000364. The van der Waals surface area contributed by atoms with Gasteiger partial charge in [-0.25, -0.2) is 9.78 Å². The van der Waals surface area contributed by atoms with Crippen molar-refractivity contribution in [2.24, 2.45) is 0 Å². The number of para-hydroxylation sites is 1. The van der Waals surface area contributed by atoms with Gasteiger partial charge in [0, 0.05) is 50.7 Å². The van der Waals surface area contributed by atoms with Crippen molar-refractivity contribution < 1.29 is 19.1 Å². The highest BCUT2D eigenvalue weighted by atomic mass is 32.1. The monoisotopic (exact) mass is 546 g/mol. The lowest BCUT2D eigenvalue weighted by molar-refractivity contribution is -0.107. The number of amides is 1. The highest BCUT2D eigenvalue weighted by molar-refractivity contribution is 7.22. The first-order chi connectivity index (χ1) is 17.7. The van der Waals surface area contributed by atoms with Crippen LogP contribution in [0, 0.1) is 0 Å². The number of thiophene rings is 1. The smallest absolute Gasteiger partial charge is 0.410 e. The Hall–Kier alpha value is -2.53. The fraction of sp³-hybridized carbons (Fsp3) is 0.519. The molecule has 1 aliphatic heterocycles. The molecule has 3 aromatic rings. The minimum atomic E-state index is -0.491. The molecule has 0 aliphatic carbocycles. The Morgan fingerprint density at radius 1 is 1.24 bits per heavy atom. The Morgan fingerprint density at radius 2 is 2.00 bits per heavy atom. The molecular weight excluding hydrogens is 508 g/mol. The maximum absolute atomic E-state index is 12.7. The van der Waals surface area contributed by atoms with Crippen LogP contribution < -0.4 is 10.6 Å². The van der Waals surface area contributed by atoms with E-state index in [2.05, 4.69) is 29.7 Å². The standard InChI is InChI=1S/C21H25N3O2S2.C6H13NO2/c1-12-17-13(10-11-24(12)20(25)26-21(2,3)4)16(18(22-5)28-17)19-23-14-8-6-7-9-15(14)27-19;1-9-6-4-7-3-2-5-8/h6-9,12,22H,10-11H2,1-5H3;5,7H,2-4,6H2,1H3. The van der Waals surface area contributed by atoms with E-state index in [1.165, 1.54) is 20.7 Å². The number of ether oxygens (including phenoxy) is 2. The fourth-order valence-electron chi connectivity index (χ4n) is 4.05. The average molecular weight is 547 g/mol. The maximum Gasteiger partial charge on any atom is 0.410 e. The topological polar surface area (TPSA) is 92.8 Å². The molecule has 0 bridgehead atoms. The van der Waals surface area contributed by atoms with Crippen LogP contribution in [0.15, 0.2) is 24.3 Å². The number of aromatic nitrogens is 1. The zero-order valence-corrected chi connectivity index (χ0v) is 24.2. The van der Waals surface area contributed by atoms with Gasteiger partial charge in [-0.3, -0.25) is 0 Å². The number of benzene rings is 1. The largest absolute Gasteiger partial charge is 0.444 e. The molecule has 0 fully saturated rings. The lowest BCUT2D eigenvalue weighted by Gasteiger charge is -2.35. The van der Waals surface area contributed by atoms with Gasteiger partial charge in [0.1, 0.15) is 16.9 Å². The number of rotatable bonds is 8. The highest BCUT2D eigenvalue weighted by Gasteiger charge is 2.35. The van der Waals surface area contributed by atoms with E-state index in [0.717, 1.165) is 41.3 Å². The molecule has 2 N–H and O–H groups in total. The Kier molecular flexibility index (Phi) is 10.5. The summed E-state index contributed by atoms with van der Waals surface area (Å²) >= 11 is 3.44. The third kappa shape index (κ3) is 7.50. The van der Waals surface area contributed by atoms with Crippen LogP contribution in [0.5, 0.6) is 0 Å². The van der Waals surface area contributed by atoms with E-state index in [4.69, 9.17) is 14.5 Å². The van der Waals surface area contributed by atoms with Crippen LogP contribution in [0.3, 0.4) is 0 Å². The zero-order chi connectivity index (χ0) is 27.0. The number of hydrogen-bond donors (Lipinski definition) is 2. The third-order valence-corrected chi connectivity index (χ3v) is 8.25. The second kappa shape index (κ2) is 13.3. The van der Waals surface area contributed by atoms with E-state index in [1.807, 2.05) is 44.9 Å². The highest BCUT2D eigenvalue weighted by Crippen LogP contribution is 2.48. The molecular formula is C27H38N4O4S2. The third-order valence-electron chi connectivity index (χ3n) is 5.77. The van der Waals surface area contributed by atoms with Crippen molar-refractivity contribution in [3.05, 3.63) is 34.7 Å². The van der Waals surface area contributed by atoms with Gasteiger partial charge < -0.3 is 29.8 Å². The molecule has 10 heteroatoms. The molecule has 1 aliphatic rings. The summed E-state index contributed by atoms with van der Waals surface area (Å²) < 4.78 is 11.6. The lowest BCUT2D eigenvalue weighted by Crippen LogP contribution is -2.41. The van der Waals surface area contributed by atoms with Gasteiger partial charge >= 0.3 is 6.09 Å². The quantitative estimate of drug-likeness (QED) is 0.275. The average Bonchev–Trinajstić information content (AvgIpc) is 3.45. The number of aldehydes is 1. The normalized spacial score (nSPS) is 15.1. The van der Waals surface area contributed by atoms with Crippen molar-refractivity contribution in [2.75, 3.05) is 45.7 Å². The predicted molar refractivity (Wildman–Crippen MR) is 153 cm³/mol. The molecule has 2 aromatic heterocycles. The van der Waals surface area contributed by atoms with Gasteiger partial charge in [0.15, 0.2) is 0 Å². The van der Waals surface area contributed by atoms with E-state index >= 15 is 0 Å². The molecule has 1 amide bonds. The van der Waals surface area contributed by atoms with Crippen molar-refractivity contribution in [3.8, 4) is 10.6 Å². The molecule has 8 nitrogen and oxygen atoms in total. The molecule has 1 unspecified atom stereocenters. The number of carbonyl (C=O) groups is 2. The van der Waals surface area contributed by atoms with Crippen LogP contribution in [0.25, 0.3) is 20.8 Å². The number of fused-ring (bicyclic) bond motifs is 2. The minimum Gasteiger partial charge on any atom is -0.444 e. The zero-order valence-electron chi connectivity index (χ0n) is 22.6. The summed E-state index contributed by atoms with van der Waals surface area (Å²) in [6.45, 7) is 10.7. The molecule has 37 heavy (non-hydrogen) atoms. The SMILES string of the molecule is CNc1sc2c(c1-c1nc3ccccc3s1)CCN(C(=O)OC(C)(C)C)C2C.COCCNCCC=O. The van der Waals surface area contributed by atoms with Crippen LogP contribution in [-0.2, 0) is 20.7 Å². The number of hydrogen-bond acceptors (Lipinski definition) is 9. The van der Waals surface area contributed by atoms with Gasteiger partial charge in [-0.05, 0) is 51.8 Å². The van der Waals surface area contributed by atoms with Gasteiger partial charge in [-0.2, -0.15) is 0 Å². The van der Waals surface area contributed by atoms with E-state index < -0.39 is 5.60 Å². The minimum absolute atomic E-state index is 0.0150. The first kappa shape index (κ1) is 29.0. The molecule has 3 heterocycles. The van der Waals surface area contributed by atoms with Gasteiger partial charge in [0.25, 0.3) is 0 Å². The molecule has 1 aromatic carbocycles. The summed E-state index contributed by atoms with van der Waals surface area (Å²) in [7, 11) is 3.60.